The van der Waals surface area contributed by atoms with Crippen LogP contribution in [0, 0.1) is 0 Å². The van der Waals surface area contributed by atoms with E-state index in [-0.39, 0.29) is 5.97 Å². The molecule has 1 aliphatic rings. The fourth-order valence-electron chi connectivity index (χ4n) is 2.05. The second kappa shape index (κ2) is 6.78. The van der Waals surface area contributed by atoms with E-state index in [1.165, 1.54) is 20.0 Å². The molecule has 0 bridgehead atoms. The summed E-state index contributed by atoms with van der Waals surface area (Å²) in [7, 11) is 1.46. The van der Waals surface area contributed by atoms with Crippen molar-refractivity contribution in [2.45, 2.75) is 46.6 Å². The molecule has 0 saturated carbocycles. The molecule has 0 spiro atoms. The van der Waals surface area contributed by atoms with Crippen molar-refractivity contribution in [2.75, 3.05) is 13.7 Å². The summed E-state index contributed by atoms with van der Waals surface area (Å²) in [6.45, 7) is 0.866. The summed E-state index contributed by atoms with van der Waals surface area (Å²) < 4.78 is 11.5. The van der Waals surface area contributed by atoms with E-state index in [0.29, 0.717) is 6.10 Å². The summed E-state index contributed by atoms with van der Waals surface area (Å²) in [5.74, 6) is -0.135. The van der Waals surface area contributed by atoms with Gasteiger partial charge in [0, 0.05) is 0 Å². The molecule has 1 rings (SSSR count). The van der Waals surface area contributed by atoms with Crippen molar-refractivity contribution < 1.29 is 14.3 Å². The third-order valence-corrected chi connectivity index (χ3v) is 8.85. The van der Waals surface area contributed by atoms with Crippen molar-refractivity contribution in [2.24, 2.45) is 0 Å². The molecule has 1 atom stereocenters. The number of esters is 1. The van der Waals surface area contributed by atoms with Gasteiger partial charge in [0.2, 0.25) is 0 Å². The van der Waals surface area contributed by atoms with Gasteiger partial charge in [-0.2, -0.15) is 0 Å². The quantitative estimate of drug-likeness (QED) is 0.446. The van der Waals surface area contributed by atoms with Gasteiger partial charge in [-0.1, -0.05) is 0 Å². The van der Waals surface area contributed by atoms with Crippen LogP contribution in [0.5, 0.6) is 0 Å². The van der Waals surface area contributed by atoms with Gasteiger partial charge in [-0.3, -0.25) is 0 Å². The van der Waals surface area contributed by atoms with Crippen molar-refractivity contribution in [1.82, 2.24) is 0 Å². The minimum atomic E-state index is -2.36. The van der Waals surface area contributed by atoms with Gasteiger partial charge < -0.3 is 0 Å². The Kier molecular flexibility index (Phi) is 6.00. The molecule has 0 N–H and O–H groups in total. The molecular weight excluding hydrogens is 323 g/mol. The maximum atomic E-state index is 11.8. The molecule has 0 aromatic heterocycles. The van der Waals surface area contributed by atoms with Crippen LogP contribution in [0.4, 0.5) is 0 Å². The summed E-state index contributed by atoms with van der Waals surface area (Å²) in [4.78, 5) is 18.5. The van der Waals surface area contributed by atoms with Crippen LogP contribution in [0.2, 0.25) is 14.8 Å². The summed E-state index contributed by atoms with van der Waals surface area (Å²) in [5, 5.41) is 0. The van der Waals surface area contributed by atoms with E-state index >= 15 is 0 Å². The predicted molar refractivity (Wildman–Crippen MR) is 71.7 cm³/mol. The van der Waals surface area contributed by atoms with Crippen LogP contribution in [-0.2, 0) is 14.3 Å². The van der Waals surface area contributed by atoms with Gasteiger partial charge in [-0.25, -0.2) is 0 Å². The van der Waals surface area contributed by atoms with E-state index in [2.05, 4.69) is 20.9 Å². The second-order valence-corrected chi connectivity index (χ2v) is 20.0. The van der Waals surface area contributed by atoms with E-state index in [1.807, 2.05) is 0 Å². The van der Waals surface area contributed by atoms with E-state index in [0.717, 1.165) is 23.0 Å². The predicted octanol–water partition coefficient (Wildman–Crippen LogP) is 2.92. The average Bonchev–Trinajstić information content (AvgIpc) is 2.28. The Morgan fingerprint density at radius 3 is 2.59 bits per heavy atom. The van der Waals surface area contributed by atoms with Gasteiger partial charge in [0.25, 0.3) is 0 Å². The molecule has 1 aliphatic heterocycles. The van der Waals surface area contributed by atoms with Gasteiger partial charge in [0.1, 0.15) is 0 Å². The molecular formula is C13H24O3Sn. The Balaban J connectivity index is 2.65. The fourth-order valence-corrected chi connectivity index (χ4v) is 6.17. The van der Waals surface area contributed by atoms with Crippen LogP contribution >= 0.6 is 0 Å². The Bertz CT molecular complexity index is 286. The van der Waals surface area contributed by atoms with E-state index in [4.69, 9.17) is 9.47 Å². The topological polar surface area (TPSA) is 35.5 Å². The first-order valence-electron chi connectivity index (χ1n) is 6.35. The molecule has 1 fully saturated rings. The number of carbonyl (C=O) groups is 1. The van der Waals surface area contributed by atoms with Gasteiger partial charge in [0.15, 0.2) is 0 Å². The molecule has 3 nitrogen and oxygen atoms in total. The summed E-state index contributed by atoms with van der Waals surface area (Å²) in [6, 6.07) is 0. The Morgan fingerprint density at radius 2 is 2.12 bits per heavy atom. The number of ether oxygens (including phenoxy) is 2. The minimum absolute atomic E-state index is 0.135. The summed E-state index contributed by atoms with van der Waals surface area (Å²) in [6.07, 6.45) is 6.77. The third-order valence-electron chi connectivity index (χ3n) is 3.07. The molecule has 1 heterocycles. The van der Waals surface area contributed by atoms with Gasteiger partial charge in [-0.05, 0) is 0 Å². The van der Waals surface area contributed by atoms with Crippen molar-refractivity contribution in [1.29, 1.82) is 0 Å². The molecule has 4 heteroatoms. The van der Waals surface area contributed by atoms with Crippen molar-refractivity contribution in [3.8, 4) is 0 Å². The first-order chi connectivity index (χ1) is 7.95. The number of hydrogen-bond donors (Lipinski definition) is 0. The van der Waals surface area contributed by atoms with Crippen LogP contribution < -0.4 is 0 Å². The number of carbonyl (C=O) groups excluding carboxylic acids is 1. The van der Waals surface area contributed by atoms with Crippen LogP contribution in [0.3, 0.4) is 0 Å². The van der Waals surface area contributed by atoms with Crippen LogP contribution in [0.1, 0.15) is 25.7 Å². The number of methoxy groups -OCH3 is 1. The normalized spacial score (nSPS) is 22.4. The Labute approximate surface area is 108 Å². The summed E-state index contributed by atoms with van der Waals surface area (Å²) >= 11 is -2.36. The second-order valence-electron chi connectivity index (χ2n) is 5.58. The van der Waals surface area contributed by atoms with E-state index in [1.54, 1.807) is 0 Å². The molecule has 17 heavy (non-hydrogen) atoms. The van der Waals surface area contributed by atoms with Crippen LogP contribution in [0.25, 0.3) is 0 Å². The Hall–Kier alpha value is -0.0313. The molecule has 0 aromatic rings. The fraction of sp³-hybridized carbons (Fsp3) is 0.769. The van der Waals surface area contributed by atoms with Gasteiger partial charge in [0.05, 0.1) is 0 Å². The molecule has 0 aliphatic carbocycles. The van der Waals surface area contributed by atoms with E-state index < -0.39 is 18.4 Å². The molecule has 0 radical (unpaired) electrons. The zero-order valence-electron chi connectivity index (χ0n) is 11.4. The SMILES string of the molecule is COC(=O)/[C](=C\CC1CCCCO1)[Sn]([CH3])([CH3])[CH3]. The average molecular weight is 347 g/mol. The van der Waals surface area contributed by atoms with Gasteiger partial charge >= 0.3 is 109 Å². The molecule has 1 unspecified atom stereocenters. The van der Waals surface area contributed by atoms with Crippen LogP contribution in [-0.4, -0.2) is 44.2 Å². The first kappa shape index (κ1) is 15.0. The molecule has 1 saturated heterocycles. The monoisotopic (exact) mass is 348 g/mol. The van der Waals surface area contributed by atoms with Crippen molar-refractivity contribution in [3.63, 3.8) is 0 Å². The number of hydrogen-bond acceptors (Lipinski definition) is 3. The van der Waals surface area contributed by atoms with Crippen LogP contribution in [0.15, 0.2) is 9.67 Å². The third kappa shape index (κ3) is 5.00. The van der Waals surface area contributed by atoms with E-state index in [9.17, 15) is 4.79 Å². The zero-order chi connectivity index (χ0) is 12.9. The van der Waals surface area contributed by atoms with Crippen molar-refractivity contribution >= 4 is 24.3 Å². The Morgan fingerprint density at radius 1 is 1.41 bits per heavy atom. The van der Waals surface area contributed by atoms with Crippen molar-refractivity contribution in [3.05, 3.63) is 9.67 Å². The number of rotatable bonds is 4. The molecule has 0 aromatic carbocycles. The van der Waals surface area contributed by atoms with Gasteiger partial charge in [-0.15, -0.1) is 0 Å². The standard InChI is InChI=1S/C10H15O3.3CH3.Sn/c1-12-10(11)7-4-6-9-5-2-3-8-13-9;;;;/h4,9H,2-3,5-6,8H2,1H3;3*1H3;. The maximum absolute atomic E-state index is 11.8. The molecule has 0 amide bonds. The first-order valence-corrected chi connectivity index (χ1v) is 16.3. The summed E-state index contributed by atoms with van der Waals surface area (Å²) in [5.41, 5.74) is 0. The molecule has 98 valence electrons. The zero-order valence-corrected chi connectivity index (χ0v) is 14.3.